The molecule has 0 aromatic carbocycles. The fourth-order valence-electron chi connectivity index (χ4n) is 3.40. The topological polar surface area (TPSA) is 54.5 Å². The minimum atomic E-state index is 0.0652. The third kappa shape index (κ3) is 2.96. The quantitative estimate of drug-likeness (QED) is 0.847. The summed E-state index contributed by atoms with van der Waals surface area (Å²) in [7, 11) is 0. The number of pyridine rings is 1. The van der Waals surface area contributed by atoms with Crippen LogP contribution in [0.15, 0.2) is 24.5 Å². The van der Waals surface area contributed by atoms with Crippen LogP contribution >= 0.6 is 0 Å². The number of nitrogens with one attached hydrogen (secondary N) is 1. The Bertz CT molecular complexity index is 480. The zero-order valence-electron chi connectivity index (χ0n) is 12.5. The summed E-state index contributed by atoms with van der Waals surface area (Å²) in [5.41, 5.74) is 0. The van der Waals surface area contributed by atoms with Crippen molar-refractivity contribution in [1.82, 2.24) is 15.2 Å². The average Bonchev–Trinajstić information content (AvgIpc) is 3.05. The number of carbonyl (C=O) groups is 1. The number of hydrogen-bond acceptors (Lipinski definition) is 3. The molecule has 2 heterocycles. The first-order valence-electron chi connectivity index (χ1n) is 7.90. The molecule has 114 valence electrons. The molecule has 1 N–H and O–H groups in total. The SMILES string of the molecule is CCCCNC(=O)N1C[C@H]2CC[C@H]1[C@@H]2Oc1cccnc1. The van der Waals surface area contributed by atoms with Gasteiger partial charge in [0.15, 0.2) is 0 Å². The predicted molar refractivity (Wildman–Crippen MR) is 80.2 cm³/mol. The summed E-state index contributed by atoms with van der Waals surface area (Å²) >= 11 is 0. The van der Waals surface area contributed by atoms with Gasteiger partial charge in [-0.25, -0.2) is 4.79 Å². The molecule has 1 aliphatic carbocycles. The molecule has 21 heavy (non-hydrogen) atoms. The van der Waals surface area contributed by atoms with Crippen LogP contribution < -0.4 is 10.1 Å². The van der Waals surface area contributed by atoms with E-state index in [4.69, 9.17) is 4.74 Å². The number of aromatic nitrogens is 1. The number of unbranched alkanes of at least 4 members (excludes halogenated alkanes) is 1. The van der Waals surface area contributed by atoms with Crippen molar-refractivity contribution in [1.29, 1.82) is 0 Å². The number of ether oxygens (including phenoxy) is 1. The normalized spacial score (nSPS) is 26.9. The van der Waals surface area contributed by atoms with Gasteiger partial charge in [-0.15, -0.1) is 0 Å². The summed E-state index contributed by atoms with van der Waals surface area (Å²) in [6, 6.07) is 4.07. The maximum atomic E-state index is 12.3. The number of carbonyl (C=O) groups excluding carboxylic acids is 1. The summed E-state index contributed by atoms with van der Waals surface area (Å²) in [6.07, 6.45) is 7.91. The molecule has 1 aromatic heterocycles. The molecule has 2 bridgehead atoms. The lowest BCUT2D eigenvalue weighted by molar-refractivity contribution is 0.147. The van der Waals surface area contributed by atoms with Crippen molar-refractivity contribution >= 4 is 6.03 Å². The van der Waals surface area contributed by atoms with Crippen LogP contribution in [-0.4, -0.2) is 41.2 Å². The second-order valence-corrected chi connectivity index (χ2v) is 5.91. The summed E-state index contributed by atoms with van der Waals surface area (Å²) in [5.74, 6) is 1.25. The Morgan fingerprint density at radius 2 is 2.43 bits per heavy atom. The van der Waals surface area contributed by atoms with Gasteiger partial charge in [-0.2, -0.15) is 0 Å². The van der Waals surface area contributed by atoms with Gasteiger partial charge in [0.05, 0.1) is 12.2 Å². The second-order valence-electron chi connectivity index (χ2n) is 5.91. The van der Waals surface area contributed by atoms with Crippen molar-refractivity contribution in [3.63, 3.8) is 0 Å². The molecule has 0 radical (unpaired) electrons. The van der Waals surface area contributed by atoms with E-state index in [1.54, 1.807) is 12.4 Å². The molecular weight excluding hydrogens is 266 g/mol. The number of amides is 2. The molecule has 2 fully saturated rings. The summed E-state index contributed by atoms with van der Waals surface area (Å²) < 4.78 is 6.08. The van der Waals surface area contributed by atoms with E-state index in [1.165, 1.54) is 0 Å². The number of fused-ring (bicyclic) bond motifs is 2. The lowest BCUT2D eigenvalue weighted by Gasteiger charge is -2.27. The van der Waals surface area contributed by atoms with E-state index in [0.29, 0.717) is 5.92 Å². The standard InChI is InChI=1S/C16H23N3O2/c1-2-3-9-18-16(20)19-11-12-6-7-14(19)15(12)21-13-5-4-8-17-10-13/h4-5,8,10,12,14-15H,2-3,6-7,9,11H2,1H3,(H,18,20)/t12-,14+,15-/m1/s1. The van der Waals surface area contributed by atoms with Gasteiger partial charge in [0.1, 0.15) is 11.9 Å². The number of piperidine rings is 1. The zero-order chi connectivity index (χ0) is 14.7. The lowest BCUT2D eigenvalue weighted by Crippen LogP contribution is -2.46. The van der Waals surface area contributed by atoms with Gasteiger partial charge >= 0.3 is 6.03 Å². The van der Waals surface area contributed by atoms with E-state index in [0.717, 1.165) is 44.5 Å². The molecule has 2 aliphatic rings. The van der Waals surface area contributed by atoms with Crippen LogP contribution in [-0.2, 0) is 0 Å². The Labute approximate surface area is 125 Å². The highest BCUT2D eigenvalue weighted by atomic mass is 16.5. The first-order chi connectivity index (χ1) is 10.3. The van der Waals surface area contributed by atoms with Gasteiger partial charge in [-0.3, -0.25) is 4.98 Å². The Morgan fingerprint density at radius 3 is 3.19 bits per heavy atom. The van der Waals surface area contributed by atoms with Crippen LogP contribution in [0.5, 0.6) is 5.75 Å². The number of nitrogens with zero attached hydrogens (tertiary/aromatic N) is 2. The molecule has 2 amide bonds. The lowest BCUT2D eigenvalue weighted by atomic mass is 10.1. The highest BCUT2D eigenvalue weighted by molar-refractivity contribution is 5.75. The molecule has 1 saturated heterocycles. The van der Waals surface area contributed by atoms with Crippen molar-refractivity contribution in [2.45, 2.75) is 44.8 Å². The Balaban J connectivity index is 1.60. The minimum absolute atomic E-state index is 0.0652. The van der Waals surface area contributed by atoms with Crippen LogP contribution in [0.3, 0.4) is 0 Å². The molecular formula is C16H23N3O2. The molecule has 5 heteroatoms. The van der Waals surface area contributed by atoms with Crippen molar-refractivity contribution < 1.29 is 9.53 Å². The van der Waals surface area contributed by atoms with Crippen LogP contribution in [0, 0.1) is 5.92 Å². The smallest absolute Gasteiger partial charge is 0.317 e. The molecule has 3 rings (SSSR count). The van der Waals surface area contributed by atoms with Crippen LogP contribution in [0.1, 0.15) is 32.6 Å². The second kappa shape index (κ2) is 6.33. The van der Waals surface area contributed by atoms with Crippen LogP contribution in [0.2, 0.25) is 0 Å². The van der Waals surface area contributed by atoms with E-state index < -0.39 is 0 Å². The summed E-state index contributed by atoms with van der Waals surface area (Å²) in [4.78, 5) is 18.3. The number of urea groups is 1. The maximum absolute atomic E-state index is 12.3. The molecule has 5 nitrogen and oxygen atoms in total. The van der Waals surface area contributed by atoms with Crippen molar-refractivity contribution in [2.24, 2.45) is 5.92 Å². The molecule has 3 atom stereocenters. The van der Waals surface area contributed by atoms with Gasteiger partial charge in [0, 0.05) is 25.2 Å². The predicted octanol–water partition coefficient (Wildman–Crippen LogP) is 2.43. The fourth-order valence-corrected chi connectivity index (χ4v) is 3.40. The molecule has 1 aliphatic heterocycles. The van der Waals surface area contributed by atoms with Gasteiger partial charge in [-0.1, -0.05) is 13.3 Å². The van der Waals surface area contributed by atoms with Crippen LogP contribution in [0.25, 0.3) is 0 Å². The van der Waals surface area contributed by atoms with Gasteiger partial charge in [0.25, 0.3) is 0 Å². The Morgan fingerprint density at radius 1 is 1.52 bits per heavy atom. The first kappa shape index (κ1) is 14.2. The third-order valence-corrected chi connectivity index (χ3v) is 4.48. The first-order valence-corrected chi connectivity index (χ1v) is 7.90. The van der Waals surface area contributed by atoms with E-state index in [9.17, 15) is 4.79 Å². The van der Waals surface area contributed by atoms with Gasteiger partial charge in [-0.05, 0) is 31.4 Å². The molecule has 0 unspecified atom stereocenters. The third-order valence-electron chi connectivity index (χ3n) is 4.48. The Kier molecular flexibility index (Phi) is 4.27. The average molecular weight is 289 g/mol. The maximum Gasteiger partial charge on any atom is 0.317 e. The van der Waals surface area contributed by atoms with Gasteiger partial charge in [0.2, 0.25) is 0 Å². The summed E-state index contributed by atoms with van der Waals surface area (Å²) in [6.45, 7) is 3.70. The van der Waals surface area contributed by atoms with Gasteiger partial charge < -0.3 is 15.0 Å². The van der Waals surface area contributed by atoms with Crippen molar-refractivity contribution in [3.8, 4) is 5.75 Å². The highest BCUT2D eigenvalue weighted by Crippen LogP contribution is 2.40. The van der Waals surface area contributed by atoms with Crippen molar-refractivity contribution in [3.05, 3.63) is 24.5 Å². The van der Waals surface area contributed by atoms with Crippen molar-refractivity contribution in [2.75, 3.05) is 13.1 Å². The van der Waals surface area contributed by atoms with Crippen LogP contribution in [0.4, 0.5) is 4.79 Å². The minimum Gasteiger partial charge on any atom is -0.486 e. The molecule has 0 spiro atoms. The molecule has 1 aromatic rings. The van der Waals surface area contributed by atoms with E-state index in [2.05, 4.69) is 17.2 Å². The number of hydrogen-bond donors (Lipinski definition) is 1. The Hall–Kier alpha value is -1.78. The number of likely N-dealkylation sites (tertiary alicyclic amines) is 1. The largest absolute Gasteiger partial charge is 0.486 e. The fraction of sp³-hybridized carbons (Fsp3) is 0.625. The monoisotopic (exact) mass is 289 g/mol. The number of rotatable bonds is 5. The summed E-state index contributed by atoms with van der Waals surface area (Å²) in [5, 5.41) is 3.01. The van der Waals surface area contributed by atoms with E-state index >= 15 is 0 Å². The van der Waals surface area contributed by atoms with E-state index in [1.807, 2.05) is 17.0 Å². The zero-order valence-corrected chi connectivity index (χ0v) is 12.5. The molecule has 1 saturated carbocycles. The highest BCUT2D eigenvalue weighted by Gasteiger charge is 2.50. The van der Waals surface area contributed by atoms with E-state index in [-0.39, 0.29) is 18.2 Å².